The Morgan fingerprint density at radius 2 is 2.13 bits per heavy atom. The van der Waals surface area contributed by atoms with Gasteiger partial charge in [-0.2, -0.15) is 10.1 Å². The molecule has 12 nitrogen and oxygen atoms in total. The van der Waals surface area contributed by atoms with Crippen molar-refractivity contribution in [2.75, 3.05) is 18.9 Å². The van der Waals surface area contributed by atoms with E-state index in [-0.39, 0.29) is 30.3 Å². The molecule has 0 amide bonds. The molecule has 39 heavy (non-hydrogen) atoms. The van der Waals surface area contributed by atoms with Crippen LogP contribution in [0, 0.1) is 5.82 Å². The van der Waals surface area contributed by atoms with Crippen molar-refractivity contribution in [3.05, 3.63) is 46.3 Å². The summed E-state index contributed by atoms with van der Waals surface area (Å²) in [4.78, 5) is 28.2. The predicted octanol–water partition coefficient (Wildman–Crippen LogP) is 2.35. The Bertz CT molecular complexity index is 1330. The third-order valence-corrected chi connectivity index (χ3v) is 9.03. The number of carbonyl (C=O) groups excluding carboxylic acids is 1. The molecule has 2 aliphatic heterocycles. The number of aliphatic hydroxyl groups is 1. The molecule has 4 rings (SSSR count). The lowest BCUT2D eigenvalue weighted by molar-refractivity contribution is -0.149. The Kier molecular flexibility index (Phi) is 8.86. The zero-order chi connectivity index (χ0) is 28.5. The van der Waals surface area contributed by atoms with E-state index in [2.05, 4.69) is 10.1 Å². The first-order valence-electron chi connectivity index (χ1n) is 12.1. The van der Waals surface area contributed by atoms with Gasteiger partial charge in [0, 0.05) is 18.2 Å². The summed E-state index contributed by atoms with van der Waals surface area (Å²) in [6.45, 7) is 4.35. The Balaban J connectivity index is 1.55. The number of nitrogens with one attached hydrogen (secondary N) is 1. The van der Waals surface area contributed by atoms with Gasteiger partial charge in [0.2, 0.25) is 0 Å². The van der Waals surface area contributed by atoms with Crippen molar-refractivity contribution < 1.29 is 41.8 Å². The molecule has 2 aliphatic rings. The van der Waals surface area contributed by atoms with E-state index in [9.17, 15) is 23.7 Å². The normalized spacial score (nSPS) is 24.6. The second-order valence-corrected chi connectivity index (χ2v) is 12.3. The van der Waals surface area contributed by atoms with Gasteiger partial charge in [0.25, 0.3) is 0 Å². The number of benzene rings is 1. The minimum absolute atomic E-state index is 0.00419. The van der Waals surface area contributed by atoms with E-state index < -0.39 is 66.9 Å². The molecule has 3 heterocycles. The van der Waals surface area contributed by atoms with Crippen LogP contribution in [0.5, 0.6) is 11.5 Å². The third kappa shape index (κ3) is 6.55. The minimum Gasteiger partial charge on any atom is -0.490 e. The molecule has 214 valence electrons. The van der Waals surface area contributed by atoms with Crippen LogP contribution >= 0.6 is 19.5 Å². The molecule has 2 unspecified atom stereocenters. The van der Waals surface area contributed by atoms with E-state index in [1.165, 1.54) is 25.3 Å². The number of carbonyl (C=O) groups is 1. The standard InChI is InChI=1S/C23H29F2N4O8PS/c1-11(2)36-22(31)12(3)28-38(33,37-15-5-4-14(24)20-13(15)7-9-34-20)35-10-16-19(30)18(25)21(39-16)29-8-6-17(26)27-23(29)32/h4-6,8,11-12,16,18-19,21,30H,7,9-10H2,1-3H3,(H,28,33)(H2,26,27,32)/t12?,16-,18+,19-,21-,38?/m1/s1. The number of nitrogen functional groups attached to an aromatic ring is 1. The predicted molar refractivity (Wildman–Crippen MR) is 138 cm³/mol. The number of aliphatic hydroxyl groups excluding tert-OH is 1. The van der Waals surface area contributed by atoms with Crippen LogP contribution in [0.15, 0.2) is 29.2 Å². The van der Waals surface area contributed by atoms with Gasteiger partial charge in [-0.15, -0.1) is 11.8 Å². The average molecular weight is 591 g/mol. The first kappa shape index (κ1) is 29.3. The molecule has 0 spiro atoms. The number of alkyl halides is 1. The fraction of sp³-hybridized carbons (Fsp3) is 0.522. The zero-order valence-electron chi connectivity index (χ0n) is 21.3. The molecule has 0 saturated carbocycles. The Morgan fingerprint density at radius 1 is 1.38 bits per heavy atom. The topological polar surface area (TPSA) is 164 Å². The third-order valence-electron chi connectivity index (χ3n) is 5.87. The molecule has 0 aliphatic carbocycles. The van der Waals surface area contributed by atoms with Crippen LogP contribution in [0.1, 0.15) is 31.7 Å². The van der Waals surface area contributed by atoms with Crippen molar-refractivity contribution in [3.63, 3.8) is 0 Å². The molecule has 1 fully saturated rings. The van der Waals surface area contributed by atoms with Crippen LogP contribution < -0.4 is 25.8 Å². The zero-order valence-corrected chi connectivity index (χ0v) is 23.0. The minimum atomic E-state index is -4.42. The number of nitrogens with zero attached hydrogens (tertiary/aromatic N) is 2. The maximum atomic E-state index is 15.0. The summed E-state index contributed by atoms with van der Waals surface area (Å²) >= 11 is 0.869. The highest BCUT2D eigenvalue weighted by molar-refractivity contribution is 8.00. The summed E-state index contributed by atoms with van der Waals surface area (Å²) < 4.78 is 65.8. The summed E-state index contributed by atoms with van der Waals surface area (Å²) in [5.41, 5.74) is 5.02. The second kappa shape index (κ2) is 11.8. The molecule has 16 heteroatoms. The van der Waals surface area contributed by atoms with E-state index in [0.717, 1.165) is 22.4 Å². The smallest absolute Gasteiger partial charge is 0.459 e. The van der Waals surface area contributed by atoms with Crippen molar-refractivity contribution in [2.24, 2.45) is 0 Å². The molecule has 4 N–H and O–H groups in total. The lowest BCUT2D eigenvalue weighted by atomic mass is 10.1. The molecule has 1 aromatic heterocycles. The van der Waals surface area contributed by atoms with E-state index in [1.807, 2.05) is 0 Å². The van der Waals surface area contributed by atoms with Gasteiger partial charge < -0.3 is 24.8 Å². The molecule has 0 radical (unpaired) electrons. The summed E-state index contributed by atoms with van der Waals surface area (Å²) in [6, 6.07) is 2.49. The number of fused-ring (bicyclic) bond motifs is 1. The van der Waals surface area contributed by atoms with E-state index in [1.54, 1.807) is 13.8 Å². The number of hydrogen-bond donors (Lipinski definition) is 3. The Morgan fingerprint density at radius 3 is 2.82 bits per heavy atom. The van der Waals surface area contributed by atoms with Crippen LogP contribution in [0.25, 0.3) is 0 Å². The largest absolute Gasteiger partial charge is 0.490 e. The molecule has 6 atom stereocenters. The number of halogens is 2. The number of esters is 1. The van der Waals surface area contributed by atoms with Gasteiger partial charge in [-0.3, -0.25) is 13.9 Å². The highest BCUT2D eigenvalue weighted by atomic mass is 32.2. The number of ether oxygens (including phenoxy) is 2. The van der Waals surface area contributed by atoms with Crippen molar-refractivity contribution in [3.8, 4) is 11.5 Å². The maximum Gasteiger partial charge on any atom is 0.459 e. The number of anilines is 1. The van der Waals surface area contributed by atoms with E-state index in [4.69, 9.17) is 24.3 Å². The highest BCUT2D eigenvalue weighted by Crippen LogP contribution is 2.51. The number of hydrogen-bond acceptors (Lipinski definition) is 11. The summed E-state index contributed by atoms with van der Waals surface area (Å²) in [5, 5.41) is 10.9. The molecule has 1 saturated heterocycles. The number of nitrogens with two attached hydrogens (primary N) is 1. The van der Waals surface area contributed by atoms with Crippen molar-refractivity contribution in [1.29, 1.82) is 0 Å². The molecule has 0 bridgehead atoms. The molecule has 1 aromatic carbocycles. The van der Waals surface area contributed by atoms with Gasteiger partial charge in [0.1, 0.15) is 29.1 Å². The lowest BCUT2D eigenvalue weighted by Gasteiger charge is -2.25. The molecular formula is C23H29F2N4O8PS. The highest BCUT2D eigenvalue weighted by Gasteiger charge is 2.47. The van der Waals surface area contributed by atoms with Gasteiger partial charge in [-0.1, -0.05) is 0 Å². The van der Waals surface area contributed by atoms with Crippen LogP contribution in [-0.2, 0) is 25.0 Å². The molecular weight excluding hydrogens is 561 g/mol. The fourth-order valence-electron chi connectivity index (χ4n) is 4.01. The van der Waals surface area contributed by atoms with Gasteiger partial charge in [-0.05, 0) is 39.0 Å². The number of rotatable bonds is 10. The maximum absolute atomic E-state index is 15.0. The number of aromatic nitrogens is 2. The SMILES string of the molecule is CC(C)OC(=O)C(C)NP(=O)(OC[C@H]1S[C@@H](n2ccc(N)nc2=O)[C@@H](F)[C@@H]1O)Oc1ccc(F)c2c1CCO2. The number of thioether (sulfide) groups is 1. The molecule has 2 aromatic rings. The van der Waals surface area contributed by atoms with Gasteiger partial charge in [0.15, 0.2) is 17.7 Å². The lowest BCUT2D eigenvalue weighted by Crippen LogP contribution is -2.37. The second-order valence-electron chi connectivity index (χ2n) is 9.21. The Hall–Kier alpha value is -2.71. The van der Waals surface area contributed by atoms with Crippen molar-refractivity contribution in [2.45, 2.75) is 62.2 Å². The fourth-order valence-corrected chi connectivity index (χ4v) is 7.08. The van der Waals surface area contributed by atoms with Gasteiger partial charge in [0.05, 0.1) is 24.6 Å². The monoisotopic (exact) mass is 590 g/mol. The first-order valence-corrected chi connectivity index (χ1v) is 14.6. The Labute approximate surface area is 226 Å². The van der Waals surface area contributed by atoms with E-state index in [0.29, 0.717) is 5.56 Å². The van der Waals surface area contributed by atoms with Gasteiger partial charge >= 0.3 is 19.4 Å². The average Bonchev–Trinajstić information content (AvgIpc) is 3.46. The summed E-state index contributed by atoms with van der Waals surface area (Å²) in [6.07, 6.45) is -2.41. The van der Waals surface area contributed by atoms with Crippen molar-refractivity contribution in [1.82, 2.24) is 14.6 Å². The van der Waals surface area contributed by atoms with Crippen molar-refractivity contribution >= 4 is 31.3 Å². The quantitative estimate of drug-likeness (QED) is 0.274. The van der Waals surface area contributed by atoms with Crippen LogP contribution in [-0.4, -0.2) is 63.5 Å². The van der Waals surface area contributed by atoms with Crippen LogP contribution in [0.4, 0.5) is 14.6 Å². The van der Waals surface area contributed by atoms with Crippen LogP contribution in [0.2, 0.25) is 0 Å². The van der Waals surface area contributed by atoms with Gasteiger partial charge in [-0.25, -0.2) is 18.1 Å². The summed E-state index contributed by atoms with van der Waals surface area (Å²) in [7, 11) is -4.42. The first-order chi connectivity index (χ1) is 18.4. The summed E-state index contributed by atoms with van der Waals surface area (Å²) in [5.74, 6) is -1.44. The van der Waals surface area contributed by atoms with E-state index >= 15 is 4.39 Å². The van der Waals surface area contributed by atoms with Crippen LogP contribution in [0.3, 0.4) is 0 Å².